The van der Waals surface area contributed by atoms with Crippen LogP contribution >= 0.6 is 0 Å². The van der Waals surface area contributed by atoms with Gasteiger partial charge in [-0.1, -0.05) is 44.6 Å². The predicted molar refractivity (Wildman–Crippen MR) is 213 cm³/mol. The number of carbonyl (C=O) groups is 4. The number of Topliss-reactive ketones (excluding diaryl/α,β-unsaturated/α-hetero) is 2. The lowest BCUT2D eigenvalue weighted by Gasteiger charge is -2.47. The fraction of sp³-hybridized carbons (Fsp3) is 0.773. The summed E-state index contributed by atoms with van der Waals surface area (Å²) in [5.41, 5.74) is 1.61. The minimum Gasteiger partial charge on any atom is -0.456 e. The van der Waals surface area contributed by atoms with Crippen molar-refractivity contribution in [2.24, 2.45) is 29.6 Å². The van der Waals surface area contributed by atoms with Gasteiger partial charge < -0.3 is 43.9 Å². The number of carbonyl (C=O) groups excluding carboxylic acids is 4. The molecule has 322 valence electrons. The monoisotopic (exact) mass is 803 g/mol. The van der Waals surface area contributed by atoms with Crippen molar-refractivity contribution < 1.29 is 58.2 Å². The number of ketones is 2. The Morgan fingerprint density at radius 3 is 2.25 bits per heavy atom. The molecule has 0 aromatic carbocycles. The van der Waals surface area contributed by atoms with Crippen LogP contribution in [0.2, 0.25) is 0 Å². The fourth-order valence-corrected chi connectivity index (χ4v) is 9.42. The van der Waals surface area contributed by atoms with E-state index in [1.54, 1.807) is 27.0 Å². The highest BCUT2D eigenvalue weighted by Crippen LogP contribution is 2.39. The number of rotatable bonds is 7. The third kappa shape index (κ3) is 11.3. The molecule has 3 heterocycles. The number of hydrogen-bond donors (Lipinski definition) is 3. The molecular weight excluding hydrogens is 734 g/mol. The molecule has 1 saturated carbocycles. The number of methoxy groups -OCH3 is 3. The second kappa shape index (κ2) is 21.0. The lowest BCUT2D eigenvalue weighted by molar-refractivity contribution is -0.302. The van der Waals surface area contributed by atoms with Crippen molar-refractivity contribution in [1.82, 2.24) is 4.90 Å². The largest absolute Gasteiger partial charge is 0.456 e. The van der Waals surface area contributed by atoms with E-state index in [1.165, 1.54) is 19.1 Å². The van der Waals surface area contributed by atoms with Gasteiger partial charge in [0, 0.05) is 52.0 Å². The summed E-state index contributed by atoms with van der Waals surface area (Å²) in [5, 5.41) is 34.1. The average molecular weight is 804 g/mol. The van der Waals surface area contributed by atoms with Gasteiger partial charge >= 0.3 is 5.97 Å². The zero-order valence-electron chi connectivity index (χ0n) is 35.4. The summed E-state index contributed by atoms with van der Waals surface area (Å²) in [6.07, 6.45) is 4.93. The van der Waals surface area contributed by atoms with Crippen LogP contribution in [0.25, 0.3) is 0 Å². The van der Waals surface area contributed by atoms with E-state index in [1.807, 2.05) is 32.9 Å². The van der Waals surface area contributed by atoms with E-state index < -0.39 is 83.9 Å². The fourth-order valence-electron chi connectivity index (χ4n) is 9.42. The van der Waals surface area contributed by atoms with E-state index >= 15 is 0 Å². The summed E-state index contributed by atoms with van der Waals surface area (Å²) in [7, 11) is 4.61. The molecule has 0 unspecified atom stereocenters. The second-order valence-corrected chi connectivity index (χ2v) is 17.3. The van der Waals surface area contributed by atoms with Crippen LogP contribution in [0, 0.1) is 29.6 Å². The van der Waals surface area contributed by atoms with Crippen LogP contribution in [0.1, 0.15) is 105 Å². The Morgan fingerprint density at radius 1 is 0.930 bits per heavy atom. The summed E-state index contributed by atoms with van der Waals surface area (Å²) >= 11 is 0. The first-order chi connectivity index (χ1) is 27.0. The van der Waals surface area contributed by atoms with E-state index in [2.05, 4.69) is 6.58 Å². The molecule has 0 aromatic heterocycles. The van der Waals surface area contributed by atoms with Gasteiger partial charge in [0.2, 0.25) is 5.79 Å². The van der Waals surface area contributed by atoms with Crippen molar-refractivity contribution >= 4 is 23.4 Å². The summed E-state index contributed by atoms with van der Waals surface area (Å²) in [6, 6.07) is -1.14. The molecule has 13 nitrogen and oxygen atoms in total. The number of aliphatic hydroxyl groups excluding tert-OH is 2. The topological polar surface area (TPSA) is 178 Å². The molecule has 3 N–H and O–H groups in total. The molecule has 4 aliphatic rings. The van der Waals surface area contributed by atoms with E-state index in [0.29, 0.717) is 56.9 Å². The SMILES string of the molecule is C=CC[C@@H]1/C=C(\C)C[C@H](C)C[C@H](OC)[C@H]2O[C@@](O)(C(=O)C(=O)N3CCCC[C@H]3C(=O)O[C@H](/C(C)=C/[C@@H]3CC[C@@H](O)[C@@H](OC)C3)[C@H](C)[C@@H](O)CC1=O)[C@H](C)C[C@H]2OC. The van der Waals surface area contributed by atoms with Gasteiger partial charge in [0.1, 0.15) is 24.0 Å². The van der Waals surface area contributed by atoms with Crippen molar-refractivity contribution in [2.45, 2.75) is 160 Å². The molecule has 13 heteroatoms. The molecule has 1 aliphatic carbocycles. The number of ether oxygens (including phenoxy) is 5. The van der Waals surface area contributed by atoms with Crippen molar-refractivity contribution in [3.8, 4) is 0 Å². The van der Waals surface area contributed by atoms with Crippen molar-refractivity contribution in [3.05, 3.63) is 36.0 Å². The van der Waals surface area contributed by atoms with Crippen LogP contribution in [-0.2, 0) is 42.9 Å². The zero-order chi connectivity index (χ0) is 42.2. The molecule has 4 rings (SSSR count). The molecule has 2 bridgehead atoms. The van der Waals surface area contributed by atoms with Crippen molar-refractivity contribution in [2.75, 3.05) is 27.9 Å². The first-order valence-electron chi connectivity index (χ1n) is 20.9. The van der Waals surface area contributed by atoms with E-state index in [9.17, 15) is 34.5 Å². The number of esters is 1. The molecule has 3 aliphatic heterocycles. The minimum absolute atomic E-state index is 0.00988. The quantitative estimate of drug-likeness (QED) is 0.185. The Balaban J connectivity index is 1.78. The number of cyclic esters (lactones) is 1. The Morgan fingerprint density at radius 2 is 1.60 bits per heavy atom. The highest BCUT2D eigenvalue weighted by molar-refractivity contribution is 6.39. The van der Waals surface area contributed by atoms with Crippen molar-refractivity contribution in [1.29, 1.82) is 0 Å². The molecular formula is C44H69NO12. The van der Waals surface area contributed by atoms with Gasteiger partial charge in [-0.2, -0.15) is 0 Å². The van der Waals surface area contributed by atoms with Crippen LogP contribution in [0.5, 0.6) is 0 Å². The number of piperidine rings is 1. The number of aliphatic hydroxyl groups is 3. The van der Waals surface area contributed by atoms with Gasteiger partial charge in [-0.3, -0.25) is 14.4 Å². The van der Waals surface area contributed by atoms with E-state index in [0.717, 1.165) is 5.57 Å². The van der Waals surface area contributed by atoms with Gasteiger partial charge in [0.15, 0.2) is 0 Å². The molecule has 2 saturated heterocycles. The lowest BCUT2D eigenvalue weighted by Crippen LogP contribution is -2.64. The first kappa shape index (κ1) is 46.9. The Labute approximate surface area is 339 Å². The maximum absolute atomic E-state index is 14.3. The highest BCUT2D eigenvalue weighted by Gasteiger charge is 2.56. The van der Waals surface area contributed by atoms with E-state index in [-0.39, 0.29) is 49.5 Å². The third-order valence-electron chi connectivity index (χ3n) is 12.9. The van der Waals surface area contributed by atoms with Crippen LogP contribution < -0.4 is 0 Å². The average Bonchev–Trinajstić information content (AvgIpc) is 3.18. The number of hydrogen-bond acceptors (Lipinski definition) is 12. The normalized spacial score (nSPS) is 41.0. The maximum Gasteiger partial charge on any atom is 0.329 e. The Bertz CT molecular complexity index is 1480. The van der Waals surface area contributed by atoms with Crippen LogP contribution in [0.4, 0.5) is 0 Å². The molecule has 14 atom stereocenters. The summed E-state index contributed by atoms with van der Waals surface area (Å²) in [5.74, 6) is -7.76. The molecule has 1 amide bonds. The minimum atomic E-state index is -2.51. The summed E-state index contributed by atoms with van der Waals surface area (Å²) in [6.45, 7) is 13.1. The van der Waals surface area contributed by atoms with Gasteiger partial charge in [0.25, 0.3) is 11.7 Å². The number of amides is 1. The maximum atomic E-state index is 14.3. The van der Waals surface area contributed by atoms with Gasteiger partial charge in [0.05, 0.1) is 30.5 Å². The standard InChI is InChI=1S/C44H69NO12/c1-10-13-31-19-25(2)18-26(3)20-37(54-8)40-38(55-9)22-28(5)44(52,57-40)41(49)42(50)45-17-12-11-14-32(45)43(51)56-39(29(6)34(47)24-35(31)48)27(4)21-30-15-16-33(46)36(23-30)53-7/h10,19,21,26,28-34,36-40,46-47,52H,1,11-18,20,22-24H2,2-9H3/b25-19+,27-21+/t26-,28+,29+,30-,31+,32-,33+,34-,36-,37-,38+,39+,40+,44+/m0/s1. The van der Waals surface area contributed by atoms with Crippen LogP contribution in [0.3, 0.4) is 0 Å². The smallest absolute Gasteiger partial charge is 0.329 e. The molecule has 0 aromatic rings. The molecule has 3 fully saturated rings. The molecule has 0 spiro atoms. The van der Waals surface area contributed by atoms with Crippen LogP contribution in [-0.4, -0.2) is 126 Å². The van der Waals surface area contributed by atoms with Crippen molar-refractivity contribution in [3.63, 3.8) is 0 Å². The van der Waals surface area contributed by atoms with Gasteiger partial charge in [-0.05, 0) is 95.5 Å². The van der Waals surface area contributed by atoms with E-state index in [4.69, 9.17) is 23.7 Å². The second-order valence-electron chi connectivity index (χ2n) is 17.3. The Hall–Kier alpha value is -2.78. The van der Waals surface area contributed by atoms with Gasteiger partial charge in [-0.15, -0.1) is 6.58 Å². The number of nitrogens with zero attached hydrogens (tertiary/aromatic N) is 1. The summed E-state index contributed by atoms with van der Waals surface area (Å²) in [4.78, 5) is 57.8. The lowest BCUT2D eigenvalue weighted by atomic mass is 9.81. The highest BCUT2D eigenvalue weighted by atomic mass is 16.7. The third-order valence-corrected chi connectivity index (χ3v) is 12.9. The zero-order valence-corrected chi connectivity index (χ0v) is 35.4. The van der Waals surface area contributed by atoms with Gasteiger partial charge in [-0.25, -0.2) is 4.79 Å². The van der Waals surface area contributed by atoms with Crippen LogP contribution in [0.15, 0.2) is 36.0 Å². The number of fused-ring (bicyclic) bond motifs is 3. The first-order valence-corrected chi connectivity index (χ1v) is 20.9. The summed E-state index contributed by atoms with van der Waals surface area (Å²) < 4.78 is 29.7. The molecule has 0 radical (unpaired) electrons. The number of allylic oxidation sites excluding steroid dienone is 4. The Kier molecular flexibility index (Phi) is 17.2. The molecule has 57 heavy (non-hydrogen) atoms. The predicted octanol–water partition coefficient (Wildman–Crippen LogP) is 4.64.